The van der Waals surface area contributed by atoms with Crippen LogP contribution < -0.4 is 0 Å². The van der Waals surface area contributed by atoms with Crippen LogP contribution in [0.15, 0.2) is 10.3 Å². The first-order chi connectivity index (χ1) is 5.52. The molecule has 0 aromatic carbocycles. The molecular weight excluding hydrogens is 202 g/mol. The van der Waals surface area contributed by atoms with Crippen LogP contribution in [0.2, 0.25) is 0 Å². The highest BCUT2D eigenvalue weighted by Crippen LogP contribution is 2.29. The first-order valence-corrected chi connectivity index (χ1v) is 4.80. The van der Waals surface area contributed by atoms with Crippen molar-refractivity contribution in [3.8, 4) is 0 Å². The van der Waals surface area contributed by atoms with Crippen molar-refractivity contribution in [3.05, 3.63) is 21.1 Å². The molecule has 1 atom stereocenters. The van der Waals surface area contributed by atoms with Gasteiger partial charge in [-0.2, -0.15) is 0 Å². The molecule has 0 bridgehead atoms. The molecule has 0 aliphatic heterocycles. The van der Waals surface area contributed by atoms with Gasteiger partial charge in [-0.3, -0.25) is 10.1 Å². The van der Waals surface area contributed by atoms with E-state index in [0.29, 0.717) is 4.88 Å². The number of nitrogens with zero attached hydrogens (tertiary/aromatic N) is 1. The second-order valence-corrected chi connectivity index (χ2v) is 4.47. The Kier molecular flexibility index (Phi) is 2.55. The van der Waals surface area contributed by atoms with Gasteiger partial charge in [0.15, 0.2) is 11.1 Å². The molecule has 1 rings (SSSR count). The summed E-state index contributed by atoms with van der Waals surface area (Å²) in [5.74, 6) is 0. The lowest BCUT2D eigenvalue weighted by molar-refractivity contribution is -0.385. The maximum absolute atomic E-state index is 10.5. The molecule has 12 heavy (non-hydrogen) atoms. The minimum atomic E-state index is -2.12. The molecule has 0 saturated carbocycles. The Hall–Kier alpha value is -0.790. The van der Waals surface area contributed by atoms with E-state index in [2.05, 4.69) is 0 Å². The summed E-state index contributed by atoms with van der Waals surface area (Å²) < 4.78 is 19.2. The van der Waals surface area contributed by atoms with Crippen LogP contribution in [0, 0.1) is 17.0 Å². The maximum atomic E-state index is 10.5. The van der Waals surface area contributed by atoms with E-state index in [1.54, 1.807) is 6.92 Å². The Morgan fingerprint density at radius 3 is 2.58 bits per heavy atom. The summed E-state index contributed by atoms with van der Waals surface area (Å²) in [7, 11) is 0. The molecule has 0 fully saturated rings. The van der Waals surface area contributed by atoms with Crippen LogP contribution >= 0.6 is 11.3 Å². The third-order valence-electron chi connectivity index (χ3n) is 1.24. The van der Waals surface area contributed by atoms with Gasteiger partial charge in [0.05, 0.1) is 9.80 Å². The first-order valence-electron chi connectivity index (χ1n) is 2.88. The van der Waals surface area contributed by atoms with E-state index < -0.39 is 16.0 Å². The zero-order chi connectivity index (χ0) is 9.30. The fourth-order valence-electron chi connectivity index (χ4n) is 0.713. The number of hydrogen-bond acceptors (Lipinski definition) is 4. The Morgan fingerprint density at radius 1 is 1.75 bits per heavy atom. The minimum Gasteiger partial charge on any atom is -0.302 e. The van der Waals surface area contributed by atoms with Crippen LogP contribution in [-0.2, 0) is 11.1 Å². The van der Waals surface area contributed by atoms with Crippen LogP contribution in [0.4, 0.5) is 5.69 Å². The van der Waals surface area contributed by atoms with Gasteiger partial charge in [-0.05, 0) is 6.92 Å². The van der Waals surface area contributed by atoms with Crippen molar-refractivity contribution in [2.45, 2.75) is 11.1 Å². The van der Waals surface area contributed by atoms with E-state index in [0.717, 1.165) is 17.4 Å². The van der Waals surface area contributed by atoms with Gasteiger partial charge in [-0.1, -0.05) is 0 Å². The van der Waals surface area contributed by atoms with Crippen LogP contribution in [0.25, 0.3) is 0 Å². The van der Waals surface area contributed by atoms with Gasteiger partial charge >= 0.3 is 0 Å². The first kappa shape index (κ1) is 9.30. The molecule has 1 aromatic rings. The van der Waals surface area contributed by atoms with Crippen molar-refractivity contribution in [2.75, 3.05) is 0 Å². The topological polar surface area (TPSA) is 80.4 Å². The molecule has 66 valence electrons. The molecule has 1 aromatic heterocycles. The van der Waals surface area contributed by atoms with Crippen LogP contribution in [0.1, 0.15) is 4.88 Å². The third kappa shape index (κ3) is 1.68. The number of aryl methyl sites for hydroxylation is 1. The highest BCUT2D eigenvalue weighted by Gasteiger charge is 2.17. The number of hydrogen-bond donors (Lipinski definition) is 1. The largest absolute Gasteiger partial charge is 0.302 e. The normalized spacial score (nSPS) is 12.8. The molecule has 0 amide bonds. The van der Waals surface area contributed by atoms with Gasteiger partial charge in [0.25, 0.3) is 5.69 Å². The van der Waals surface area contributed by atoms with Gasteiger partial charge < -0.3 is 4.55 Å². The summed E-state index contributed by atoms with van der Waals surface area (Å²) in [4.78, 5) is 10.2. The second kappa shape index (κ2) is 3.30. The Morgan fingerprint density at radius 2 is 2.33 bits per heavy atom. The van der Waals surface area contributed by atoms with Crippen molar-refractivity contribution in [1.82, 2.24) is 0 Å². The van der Waals surface area contributed by atoms with E-state index in [1.165, 1.54) is 0 Å². The number of rotatable bonds is 2. The van der Waals surface area contributed by atoms with Crippen molar-refractivity contribution in [1.29, 1.82) is 0 Å². The summed E-state index contributed by atoms with van der Waals surface area (Å²) in [5.41, 5.74) is -0.0996. The lowest BCUT2D eigenvalue weighted by Gasteiger charge is -1.83. The average Bonchev–Trinajstić information content (AvgIpc) is 2.30. The Bertz CT molecular complexity index is 345. The van der Waals surface area contributed by atoms with Crippen molar-refractivity contribution < 1.29 is 13.7 Å². The van der Waals surface area contributed by atoms with Crippen LogP contribution in [-0.4, -0.2) is 13.7 Å². The molecule has 1 heterocycles. The van der Waals surface area contributed by atoms with Gasteiger partial charge in [0, 0.05) is 6.07 Å². The summed E-state index contributed by atoms with van der Waals surface area (Å²) >= 11 is -1.16. The highest BCUT2D eigenvalue weighted by atomic mass is 32.2. The molecular formula is C5H5NO4S2. The van der Waals surface area contributed by atoms with Gasteiger partial charge in [0.2, 0.25) is 0 Å². The van der Waals surface area contributed by atoms with E-state index in [-0.39, 0.29) is 9.90 Å². The third-order valence-corrected chi connectivity index (χ3v) is 3.21. The fraction of sp³-hybridized carbons (Fsp3) is 0.200. The van der Waals surface area contributed by atoms with Crippen molar-refractivity contribution >= 4 is 28.1 Å². The van der Waals surface area contributed by atoms with Gasteiger partial charge in [0.1, 0.15) is 4.21 Å². The fourth-order valence-corrected chi connectivity index (χ4v) is 2.30. The summed E-state index contributed by atoms with van der Waals surface area (Å²) in [5, 5.41) is 10.3. The molecule has 0 spiro atoms. The predicted molar refractivity (Wildman–Crippen MR) is 44.7 cm³/mol. The molecule has 0 aliphatic carbocycles. The molecule has 7 heteroatoms. The zero-order valence-corrected chi connectivity index (χ0v) is 7.65. The highest BCUT2D eigenvalue weighted by molar-refractivity contribution is 7.81. The molecule has 1 N–H and O–H groups in total. The SMILES string of the molecule is Cc1sc(S(=O)O)cc1[N+](=O)[O-]. The quantitative estimate of drug-likeness (QED) is 0.453. The Balaban J connectivity index is 3.17. The van der Waals surface area contributed by atoms with E-state index in [9.17, 15) is 14.3 Å². The van der Waals surface area contributed by atoms with E-state index in [4.69, 9.17) is 4.55 Å². The van der Waals surface area contributed by atoms with Gasteiger partial charge in [-0.25, -0.2) is 4.21 Å². The van der Waals surface area contributed by atoms with E-state index in [1.807, 2.05) is 0 Å². The summed E-state index contributed by atoms with van der Waals surface area (Å²) in [6, 6.07) is 1.12. The molecule has 0 radical (unpaired) electrons. The maximum Gasteiger partial charge on any atom is 0.284 e. The van der Waals surface area contributed by atoms with E-state index >= 15 is 0 Å². The van der Waals surface area contributed by atoms with Crippen LogP contribution in [0.5, 0.6) is 0 Å². The number of nitro groups is 1. The summed E-state index contributed by atoms with van der Waals surface area (Å²) in [6.07, 6.45) is 0. The smallest absolute Gasteiger partial charge is 0.284 e. The summed E-state index contributed by atoms with van der Waals surface area (Å²) in [6.45, 7) is 1.54. The van der Waals surface area contributed by atoms with Crippen molar-refractivity contribution in [2.24, 2.45) is 0 Å². The second-order valence-electron chi connectivity index (χ2n) is 2.01. The monoisotopic (exact) mass is 207 g/mol. The zero-order valence-electron chi connectivity index (χ0n) is 6.01. The average molecular weight is 207 g/mol. The van der Waals surface area contributed by atoms with Gasteiger partial charge in [-0.15, -0.1) is 11.3 Å². The predicted octanol–water partition coefficient (Wildman–Crippen LogP) is 1.55. The van der Waals surface area contributed by atoms with Crippen LogP contribution in [0.3, 0.4) is 0 Å². The minimum absolute atomic E-state index is 0.0996. The standard InChI is InChI=1S/C5H5NO4S2/c1-3-4(6(7)8)2-5(11-3)12(9)10/h2H,1H3,(H,9,10). The molecule has 0 aliphatic rings. The molecule has 0 saturated heterocycles. The lowest BCUT2D eigenvalue weighted by Crippen LogP contribution is -1.86. The number of thiophene rings is 1. The lowest BCUT2D eigenvalue weighted by atomic mass is 10.4. The van der Waals surface area contributed by atoms with Crippen molar-refractivity contribution in [3.63, 3.8) is 0 Å². The molecule has 5 nitrogen and oxygen atoms in total. The molecule has 1 unspecified atom stereocenters. The Labute approximate surface area is 74.5 Å².